The molecule has 0 spiro atoms. The largest absolute Gasteiger partial charge is 0.337 e. The van der Waals surface area contributed by atoms with Crippen molar-refractivity contribution in [3.05, 3.63) is 23.0 Å². The molecule has 1 unspecified atom stereocenters. The Balaban J connectivity index is 0.00000210. The number of pyridine rings is 1. The molecule has 2 saturated heterocycles. The molecule has 0 radical (unpaired) electrons. The fraction of sp³-hybridized carbons (Fsp3) is 0.556. The second kappa shape index (κ2) is 7.82. The summed E-state index contributed by atoms with van der Waals surface area (Å²) in [5.74, 6) is 0.0756. The van der Waals surface area contributed by atoms with Crippen LogP contribution in [0, 0.1) is 13.8 Å². The van der Waals surface area contributed by atoms with Crippen LogP contribution in [0.1, 0.15) is 34.6 Å². The molecule has 2 aliphatic rings. The maximum Gasteiger partial charge on any atom is 0.258 e. The first kappa shape index (κ1) is 19.6. The van der Waals surface area contributed by atoms with Gasteiger partial charge in [-0.05, 0) is 32.8 Å². The van der Waals surface area contributed by atoms with Crippen molar-refractivity contribution in [3.8, 4) is 0 Å². The lowest BCUT2D eigenvalue weighted by Crippen LogP contribution is -2.57. The van der Waals surface area contributed by atoms with Crippen molar-refractivity contribution in [2.75, 3.05) is 32.7 Å². The minimum atomic E-state index is -0.0425. The summed E-state index contributed by atoms with van der Waals surface area (Å²) in [5.41, 5.74) is 2.37. The van der Waals surface area contributed by atoms with Gasteiger partial charge in [0.1, 0.15) is 0 Å². The molecule has 1 N–H and O–H groups in total. The van der Waals surface area contributed by atoms with Gasteiger partial charge in [-0.2, -0.15) is 0 Å². The van der Waals surface area contributed by atoms with Gasteiger partial charge in [-0.1, -0.05) is 5.16 Å². The maximum absolute atomic E-state index is 13.2. The van der Waals surface area contributed by atoms with Crippen molar-refractivity contribution < 1.29 is 14.1 Å². The Morgan fingerprint density at radius 2 is 2.15 bits per heavy atom. The topological polar surface area (TPSA) is 91.6 Å². The van der Waals surface area contributed by atoms with Crippen molar-refractivity contribution in [3.63, 3.8) is 0 Å². The van der Waals surface area contributed by atoms with Crippen molar-refractivity contribution >= 4 is 35.3 Å². The average molecular weight is 394 g/mol. The van der Waals surface area contributed by atoms with Gasteiger partial charge >= 0.3 is 0 Å². The minimum absolute atomic E-state index is 0. The fourth-order valence-electron chi connectivity index (χ4n) is 3.96. The number of aryl methyl sites for hydroxylation is 2. The number of fused-ring (bicyclic) bond motifs is 1. The van der Waals surface area contributed by atoms with Crippen LogP contribution in [0.4, 0.5) is 0 Å². The molecule has 2 fully saturated rings. The molecular formula is C18H24ClN5O3. The molecule has 9 heteroatoms. The molecule has 0 saturated carbocycles. The van der Waals surface area contributed by atoms with Gasteiger partial charge in [-0.25, -0.2) is 4.98 Å². The van der Waals surface area contributed by atoms with Gasteiger partial charge < -0.3 is 19.6 Å². The molecule has 2 aromatic rings. The molecule has 8 nitrogen and oxygen atoms in total. The zero-order chi connectivity index (χ0) is 18.3. The molecular weight excluding hydrogens is 370 g/mol. The first-order valence-corrected chi connectivity index (χ1v) is 9.07. The van der Waals surface area contributed by atoms with E-state index in [2.05, 4.69) is 15.5 Å². The molecule has 1 atom stereocenters. The predicted molar refractivity (Wildman–Crippen MR) is 102 cm³/mol. The van der Waals surface area contributed by atoms with Gasteiger partial charge in [-0.15, -0.1) is 12.4 Å². The van der Waals surface area contributed by atoms with E-state index in [0.717, 1.165) is 25.1 Å². The van der Waals surface area contributed by atoms with Crippen molar-refractivity contribution in [1.82, 2.24) is 25.3 Å². The number of carbonyl (C=O) groups excluding carboxylic acids is 2. The van der Waals surface area contributed by atoms with Gasteiger partial charge in [0.2, 0.25) is 5.91 Å². The SMILES string of the molecule is Cc1cc(C(=O)N2CCCC(N3CCNCC3=O)C2)c2c(C)noc2n1.Cl. The van der Waals surface area contributed by atoms with E-state index >= 15 is 0 Å². The standard InChI is InChI=1S/C18H23N5O3.ClH/c1-11-8-14(16-12(2)21-26-17(16)20-11)18(25)22-6-3-4-13(10-22)23-7-5-19-9-15(23)24;/h8,13,19H,3-7,9-10H2,1-2H3;1H. The molecule has 0 bridgehead atoms. The summed E-state index contributed by atoms with van der Waals surface area (Å²) >= 11 is 0. The Labute approximate surface area is 163 Å². The first-order chi connectivity index (χ1) is 12.5. The van der Waals surface area contributed by atoms with Crippen LogP contribution >= 0.6 is 12.4 Å². The van der Waals surface area contributed by atoms with Crippen LogP contribution in [0.15, 0.2) is 10.6 Å². The molecule has 27 heavy (non-hydrogen) atoms. The summed E-state index contributed by atoms with van der Waals surface area (Å²) in [6.07, 6.45) is 1.83. The highest BCUT2D eigenvalue weighted by molar-refractivity contribution is 6.06. The van der Waals surface area contributed by atoms with Gasteiger partial charge in [0.25, 0.3) is 11.6 Å². The average Bonchev–Trinajstić information content (AvgIpc) is 3.01. The van der Waals surface area contributed by atoms with E-state index < -0.39 is 0 Å². The summed E-state index contributed by atoms with van der Waals surface area (Å²) in [4.78, 5) is 33.5. The number of piperazine rings is 1. The molecule has 2 amide bonds. The number of hydrogen-bond donors (Lipinski definition) is 1. The van der Waals surface area contributed by atoms with Crippen molar-refractivity contribution in [1.29, 1.82) is 0 Å². The number of rotatable bonds is 2. The normalized spacial score (nSPS) is 20.7. The maximum atomic E-state index is 13.2. The third-order valence-electron chi connectivity index (χ3n) is 5.23. The van der Waals surface area contributed by atoms with E-state index in [9.17, 15) is 9.59 Å². The molecule has 4 heterocycles. The molecule has 0 aromatic carbocycles. The summed E-state index contributed by atoms with van der Waals surface area (Å²) in [5, 5.41) is 7.73. The summed E-state index contributed by atoms with van der Waals surface area (Å²) in [7, 11) is 0. The van der Waals surface area contributed by atoms with E-state index in [-0.39, 0.29) is 30.3 Å². The third kappa shape index (κ3) is 3.64. The number of nitrogens with one attached hydrogen (secondary N) is 1. The molecule has 0 aliphatic carbocycles. The Morgan fingerprint density at radius 3 is 2.93 bits per heavy atom. The van der Waals surface area contributed by atoms with Crippen LogP contribution in [-0.2, 0) is 4.79 Å². The molecule has 2 aliphatic heterocycles. The van der Waals surface area contributed by atoms with Gasteiger partial charge in [-0.3, -0.25) is 9.59 Å². The number of aromatic nitrogens is 2. The Hall–Kier alpha value is -2.19. The molecule has 4 rings (SSSR count). The predicted octanol–water partition coefficient (Wildman–Crippen LogP) is 1.30. The summed E-state index contributed by atoms with van der Waals surface area (Å²) < 4.78 is 5.25. The number of piperidine rings is 1. The van der Waals surface area contributed by atoms with Crippen LogP contribution in [0.2, 0.25) is 0 Å². The van der Waals surface area contributed by atoms with E-state index in [1.54, 1.807) is 6.07 Å². The number of carbonyl (C=O) groups is 2. The van der Waals surface area contributed by atoms with E-state index in [1.165, 1.54) is 0 Å². The number of likely N-dealkylation sites (tertiary alicyclic amines) is 1. The Morgan fingerprint density at radius 1 is 1.33 bits per heavy atom. The Kier molecular flexibility index (Phi) is 5.67. The lowest BCUT2D eigenvalue weighted by atomic mass is 10.0. The van der Waals surface area contributed by atoms with E-state index in [0.29, 0.717) is 48.5 Å². The highest BCUT2D eigenvalue weighted by atomic mass is 35.5. The fourth-order valence-corrected chi connectivity index (χ4v) is 3.96. The lowest BCUT2D eigenvalue weighted by molar-refractivity contribution is -0.135. The molecule has 2 aromatic heterocycles. The third-order valence-corrected chi connectivity index (χ3v) is 5.23. The quantitative estimate of drug-likeness (QED) is 0.826. The zero-order valence-corrected chi connectivity index (χ0v) is 16.3. The highest BCUT2D eigenvalue weighted by Gasteiger charge is 2.33. The number of nitrogens with zero attached hydrogens (tertiary/aromatic N) is 4. The van der Waals surface area contributed by atoms with E-state index in [1.807, 2.05) is 23.6 Å². The smallest absolute Gasteiger partial charge is 0.258 e. The van der Waals surface area contributed by atoms with E-state index in [4.69, 9.17) is 4.52 Å². The number of amides is 2. The Bertz CT molecular complexity index is 868. The van der Waals surface area contributed by atoms with Crippen LogP contribution < -0.4 is 5.32 Å². The minimum Gasteiger partial charge on any atom is -0.337 e. The van der Waals surface area contributed by atoms with Crippen molar-refractivity contribution in [2.24, 2.45) is 0 Å². The van der Waals surface area contributed by atoms with Gasteiger partial charge in [0, 0.05) is 37.9 Å². The first-order valence-electron chi connectivity index (χ1n) is 9.07. The van der Waals surface area contributed by atoms with Gasteiger partial charge in [0.05, 0.1) is 23.2 Å². The summed E-state index contributed by atoms with van der Waals surface area (Å²) in [6, 6.07) is 1.89. The number of halogens is 1. The lowest BCUT2D eigenvalue weighted by Gasteiger charge is -2.41. The van der Waals surface area contributed by atoms with Crippen LogP contribution in [0.3, 0.4) is 0 Å². The van der Waals surface area contributed by atoms with Crippen LogP contribution in [-0.4, -0.2) is 70.5 Å². The van der Waals surface area contributed by atoms with Crippen LogP contribution in [0.25, 0.3) is 11.1 Å². The molecule has 146 valence electrons. The highest BCUT2D eigenvalue weighted by Crippen LogP contribution is 2.25. The monoisotopic (exact) mass is 393 g/mol. The number of hydrogen-bond acceptors (Lipinski definition) is 6. The second-order valence-electron chi connectivity index (χ2n) is 7.07. The summed E-state index contributed by atoms with van der Waals surface area (Å²) in [6.45, 7) is 6.81. The van der Waals surface area contributed by atoms with Crippen LogP contribution in [0.5, 0.6) is 0 Å². The second-order valence-corrected chi connectivity index (χ2v) is 7.07. The van der Waals surface area contributed by atoms with Gasteiger partial charge in [0.15, 0.2) is 0 Å². The zero-order valence-electron chi connectivity index (χ0n) is 15.5. The van der Waals surface area contributed by atoms with Crippen molar-refractivity contribution in [2.45, 2.75) is 32.7 Å².